The fourth-order valence-corrected chi connectivity index (χ4v) is 2.75. The Hall–Kier alpha value is -1.49. The van der Waals surface area contributed by atoms with Crippen molar-refractivity contribution in [2.24, 2.45) is 5.10 Å². The molecule has 0 amide bonds. The number of halogens is 3. The Balaban J connectivity index is 2.05. The first kappa shape index (κ1) is 17.9. The molecule has 2 aromatic carbocycles. The Kier molecular flexibility index (Phi) is 6.96. The molecule has 0 saturated carbocycles. The summed E-state index contributed by atoms with van der Waals surface area (Å²) in [7, 11) is 0. The molecule has 0 aliphatic carbocycles. The summed E-state index contributed by atoms with van der Waals surface area (Å²) in [6.45, 7) is 4.52. The largest absolute Gasteiger partial charge is 0.489 e. The normalized spacial score (nSPS) is 10.7. The first-order valence-electron chi connectivity index (χ1n) is 6.84. The Morgan fingerprint density at radius 3 is 2.65 bits per heavy atom. The molecule has 0 spiro atoms. The number of hydrogen-bond acceptors (Lipinski definition) is 3. The highest BCUT2D eigenvalue weighted by Crippen LogP contribution is 2.24. The minimum Gasteiger partial charge on any atom is -0.489 e. The highest BCUT2D eigenvalue weighted by Gasteiger charge is 2.05. The smallest absolute Gasteiger partial charge is 0.128 e. The van der Waals surface area contributed by atoms with E-state index in [1.807, 2.05) is 24.3 Å². The zero-order valence-corrected chi connectivity index (χ0v) is 15.3. The second-order valence-electron chi connectivity index (χ2n) is 4.58. The van der Waals surface area contributed by atoms with E-state index < -0.39 is 0 Å². The molecule has 120 valence electrons. The second kappa shape index (κ2) is 8.96. The van der Waals surface area contributed by atoms with Gasteiger partial charge >= 0.3 is 0 Å². The number of ether oxygens (including phenoxy) is 1. The molecule has 0 unspecified atom stereocenters. The first-order valence-corrected chi connectivity index (χ1v) is 8.38. The molecule has 0 atom stereocenters. The van der Waals surface area contributed by atoms with E-state index in [1.165, 1.54) is 0 Å². The minimum absolute atomic E-state index is 0.436. The predicted molar refractivity (Wildman–Crippen MR) is 101 cm³/mol. The summed E-state index contributed by atoms with van der Waals surface area (Å²) in [5.41, 5.74) is 4.60. The average molecular weight is 414 g/mol. The quantitative estimate of drug-likeness (QED) is 0.372. The van der Waals surface area contributed by atoms with Crippen LogP contribution < -0.4 is 10.2 Å². The fraction of sp³-hybridized carbons (Fsp3) is 0.118. The van der Waals surface area contributed by atoms with Crippen molar-refractivity contribution >= 4 is 45.3 Å². The molecule has 0 aliphatic rings. The summed E-state index contributed by atoms with van der Waals surface area (Å²) < 4.78 is 6.54. The summed E-state index contributed by atoms with van der Waals surface area (Å²) in [5.74, 6) is 0.731. The van der Waals surface area contributed by atoms with Gasteiger partial charge < -0.3 is 10.2 Å². The standard InChI is InChI=1S/C17H15BrCl2N2O/c1-2-8-23-17-7-6-13(18)9-12(17)10-21-22-11-14-15(19)4-3-5-16(14)20/h2-7,9-10,22H,1,8,11H2/b21-10-. The van der Waals surface area contributed by atoms with Gasteiger partial charge in [0.15, 0.2) is 0 Å². The maximum atomic E-state index is 6.12. The molecular weight excluding hydrogens is 399 g/mol. The molecule has 2 rings (SSSR count). The van der Waals surface area contributed by atoms with Gasteiger partial charge in [-0.2, -0.15) is 5.10 Å². The molecule has 0 aromatic heterocycles. The van der Waals surface area contributed by atoms with Crippen LogP contribution in [-0.2, 0) is 6.54 Å². The third kappa shape index (κ3) is 5.27. The van der Waals surface area contributed by atoms with Gasteiger partial charge in [-0.05, 0) is 30.3 Å². The van der Waals surface area contributed by atoms with Crippen LogP contribution in [0.3, 0.4) is 0 Å². The van der Waals surface area contributed by atoms with E-state index in [0.717, 1.165) is 21.3 Å². The number of nitrogens with zero attached hydrogens (tertiary/aromatic N) is 1. The Labute approximate surface area is 154 Å². The van der Waals surface area contributed by atoms with E-state index in [-0.39, 0.29) is 0 Å². The molecule has 0 aliphatic heterocycles. The summed E-state index contributed by atoms with van der Waals surface area (Å²) in [6.07, 6.45) is 3.38. The van der Waals surface area contributed by atoms with Gasteiger partial charge in [0.1, 0.15) is 12.4 Å². The molecule has 1 N–H and O–H groups in total. The molecule has 3 nitrogen and oxygen atoms in total. The molecule has 23 heavy (non-hydrogen) atoms. The second-order valence-corrected chi connectivity index (χ2v) is 6.31. The van der Waals surface area contributed by atoms with Gasteiger partial charge in [-0.15, -0.1) is 0 Å². The highest BCUT2D eigenvalue weighted by molar-refractivity contribution is 9.10. The van der Waals surface area contributed by atoms with Gasteiger partial charge in [-0.25, -0.2) is 0 Å². The molecule has 0 saturated heterocycles. The van der Waals surface area contributed by atoms with Crippen molar-refractivity contribution in [3.05, 3.63) is 74.7 Å². The maximum Gasteiger partial charge on any atom is 0.128 e. The van der Waals surface area contributed by atoms with E-state index >= 15 is 0 Å². The lowest BCUT2D eigenvalue weighted by atomic mass is 10.2. The van der Waals surface area contributed by atoms with Crippen LogP contribution in [0.1, 0.15) is 11.1 Å². The Bertz CT molecular complexity index is 699. The minimum atomic E-state index is 0.436. The molecule has 0 fully saturated rings. The van der Waals surface area contributed by atoms with E-state index in [2.05, 4.69) is 33.0 Å². The zero-order valence-electron chi connectivity index (χ0n) is 12.2. The van der Waals surface area contributed by atoms with Crippen molar-refractivity contribution in [2.75, 3.05) is 6.61 Å². The predicted octanol–water partition coefficient (Wildman–Crippen LogP) is 5.44. The lowest BCUT2D eigenvalue weighted by Gasteiger charge is -2.08. The van der Waals surface area contributed by atoms with Crippen LogP contribution in [0.25, 0.3) is 0 Å². The van der Waals surface area contributed by atoms with Gasteiger partial charge in [0.05, 0.1) is 12.8 Å². The van der Waals surface area contributed by atoms with Crippen molar-refractivity contribution in [1.82, 2.24) is 5.43 Å². The van der Waals surface area contributed by atoms with Crippen LogP contribution in [0.4, 0.5) is 0 Å². The van der Waals surface area contributed by atoms with Crippen molar-refractivity contribution in [3.63, 3.8) is 0 Å². The van der Waals surface area contributed by atoms with E-state index in [9.17, 15) is 0 Å². The SMILES string of the molecule is C=CCOc1ccc(Br)cc1/C=N\NCc1c(Cl)cccc1Cl. The number of benzene rings is 2. The monoisotopic (exact) mass is 412 g/mol. The number of rotatable bonds is 7. The van der Waals surface area contributed by atoms with Gasteiger partial charge in [0, 0.05) is 25.6 Å². The molecule has 0 radical (unpaired) electrons. The summed E-state index contributed by atoms with van der Waals surface area (Å²) in [6, 6.07) is 11.1. The fourth-order valence-electron chi connectivity index (χ4n) is 1.84. The Morgan fingerprint density at radius 1 is 1.22 bits per heavy atom. The lowest BCUT2D eigenvalue weighted by Crippen LogP contribution is -2.07. The molecule has 2 aromatic rings. The van der Waals surface area contributed by atoms with Crippen LogP contribution in [0, 0.1) is 0 Å². The van der Waals surface area contributed by atoms with Crippen LogP contribution in [0.2, 0.25) is 10.0 Å². The summed E-state index contributed by atoms with van der Waals surface area (Å²) in [5, 5.41) is 5.43. The van der Waals surface area contributed by atoms with Gasteiger partial charge in [0.2, 0.25) is 0 Å². The average Bonchev–Trinajstić information content (AvgIpc) is 2.53. The van der Waals surface area contributed by atoms with Gasteiger partial charge in [-0.1, -0.05) is 57.9 Å². The number of hydrogen-bond donors (Lipinski definition) is 1. The van der Waals surface area contributed by atoms with E-state index in [0.29, 0.717) is 23.2 Å². The van der Waals surface area contributed by atoms with Crippen LogP contribution >= 0.6 is 39.1 Å². The van der Waals surface area contributed by atoms with Crippen LogP contribution in [0.15, 0.2) is 58.6 Å². The first-order chi connectivity index (χ1) is 11.1. The van der Waals surface area contributed by atoms with E-state index in [1.54, 1.807) is 24.4 Å². The van der Waals surface area contributed by atoms with Gasteiger partial charge in [0.25, 0.3) is 0 Å². The number of nitrogens with one attached hydrogen (secondary N) is 1. The molecular formula is C17H15BrCl2N2O. The van der Waals surface area contributed by atoms with Crippen molar-refractivity contribution < 1.29 is 4.74 Å². The third-order valence-corrected chi connectivity index (χ3v) is 4.14. The third-order valence-electron chi connectivity index (χ3n) is 2.94. The number of hydrazone groups is 1. The van der Waals surface area contributed by atoms with Crippen molar-refractivity contribution in [2.45, 2.75) is 6.54 Å². The summed E-state index contributed by atoms with van der Waals surface area (Å²) >= 11 is 15.7. The lowest BCUT2D eigenvalue weighted by molar-refractivity contribution is 0.362. The topological polar surface area (TPSA) is 33.6 Å². The maximum absolute atomic E-state index is 6.12. The van der Waals surface area contributed by atoms with Crippen LogP contribution in [0.5, 0.6) is 5.75 Å². The molecule has 0 bridgehead atoms. The van der Waals surface area contributed by atoms with Gasteiger partial charge in [-0.3, -0.25) is 0 Å². The van der Waals surface area contributed by atoms with Crippen molar-refractivity contribution in [3.8, 4) is 5.75 Å². The Morgan fingerprint density at radius 2 is 1.96 bits per heavy atom. The van der Waals surface area contributed by atoms with Crippen LogP contribution in [-0.4, -0.2) is 12.8 Å². The van der Waals surface area contributed by atoms with E-state index in [4.69, 9.17) is 27.9 Å². The van der Waals surface area contributed by atoms with Crippen molar-refractivity contribution in [1.29, 1.82) is 0 Å². The summed E-state index contributed by atoms with van der Waals surface area (Å²) in [4.78, 5) is 0. The zero-order chi connectivity index (χ0) is 16.7. The molecule has 0 heterocycles. The molecule has 6 heteroatoms. The highest BCUT2D eigenvalue weighted by atomic mass is 79.9.